The van der Waals surface area contributed by atoms with Crippen molar-refractivity contribution < 1.29 is 42.1 Å². The van der Waals surface area contributed by atoms with E-state index < -0.39 is 26.5 Å². The van der Waals surface area contributed by atoms with Gasteiger partial charge in [-0.15, -0.1) is 0 Å². The van der Waals surface area contributed by atoms with Crippen LogP contribution >= 0.6 is 7.82 Å². The van der Waals surface area contributed by atoms with Gasteiger partial charge in [-0.1, -0.05) is 322 Å². The predicted molar refractivity (Wildman–Crippen MR) is 390 cm³/mol. The number of ether oxygens (including phenoxy) is 2. The largest absolute Gasteiger partial charge is 0.472 e. The summed E-state index contributed by atoms with van der Waals surface area (Å²) in [6.45, 7) is 4.32. The van der Waals surface area contributed by atoms with Gasteiger partial charge in [0.15, 0.2) is 6.10 Å². The number of phosphoric ester groups is 1. The van der Waals surface area contributed by atoms with Crippen LogP contribution in [0.2, 0.25) is 0 Å². The van der Waals surface area contributed by atoms with Crippen LogP contribution in [0.15, 0.2) is 122 Å². The fourth-order valence-corrected chi connectivity index (χ4v) is 11.0. The van der Waals surface area contributed by atoms with Gasteiger partial charge in [-0.2, -0.15) is 0 Å². The van der Waals surface area contributed by atoms with Gasteiger partial charge in [0, 0.05) is 12.8 Å². The van der Waals surface area contributed by atoms with Crippen LogP contribution in [-0.4, -0.2) is 74.9 Å². The lowest BCUT2D eigenvalue weighted by Crippen LogP contribution is -2.37. The van der Waals surface area contributed by atoms with Gasteiger partial charge < -0.3 is 18.9 Å². The maximum absolute atomic E-state index is 12.9. The summed E-state index contributed by atoms with van der Waals surface area (Å²) in [5.74, 6) is -0.802. The summed E-state index contributed by atoms with van der Waals surface area (Å²) < 4.78 is 34.8. The first-order valence-electron chi connectivity index (χ1n) is 37.3. The Kier molecular flexibility index (Phi) is 67.0. The molecule has 2 unspecified atom stereocenters. The quantitative estimate of drug-likeness (QED) is 0.0211. The molecular weight excluding hydrogens is 1130 g/mol. The fraction of sp³-hybridized carbons (Fsp3) is 0.725. The molecule has 0 aromatic carbocycles. The Morgan fingerprint density at radius 2 is 0.633 bits per heavy atom. The Bertz CT molecular complexity index is 1940. The maximum atomic E-state index is 12.9. The van der Waals surface area contributed by atoms with Gasteiger partial charge >= 0.3 is 19.8 Å². The Balaban J connectivity index is 4.05. The van der Waals surface area contributed by atoms with Gasteiger partial charge in [0.2, 0.25) is 0 Å². The molecule has 90 heavy (non-hydrogen) atoms. The number of esters is 2. The van der Waals surface area contributed by atoms with Crippen molar-refractivity contribution in [2.24, 2.45) is 0 Å². The topological polar surface area (TPSA) is 108 Å². The molecule has 0 heterocycles. The molecule has 0 radical (unpaired) electrons. The Morgan fingerprint density at radius 1 is 0.356 bits per heavy atom. The molecule has 0 aromatic rings. The lowest BCUT2D eigenvalue weighted by molar-refractivity contribution is -0.870. The third-order valence-electron chi connectivity index (χ3n) is 16.0. The number of unbranched alkanes of at least 4 members (excludes halogenated alkanes) is 34. The molecule has 9 nitrogen and oxygen atoms in total. The Hall–Kier alpha value is -3.59. The van der Waals surface area contributed by atoms with E-state index in [1.54, 1.807) is 0 Å². The number of carbonyl (C=O) groups is 2. The molecule has 10 heteroatoms. The molecule has 0 spiro atoms. The second-order valence-electron chi connectivity index (χ2n) is 25.9. The fourth-order valence-electron chi connectivity index (χ4n) is 10.3. The molecular formula is C80H141NO8P+. The first-order chi connectivity index (χ1) is 44.0. The number of phosphoric acid groups is 1. The van der Waals surface area contributed by atoms with E-state index in [0.29, 0.717) is 17.4 Å². The summed E-state index contributed by atoms with van der Waals surface area (Å²) in [4.78, 5) is 35.9. The zero-order valence-electron chi connectivity index (χ0n) is 59.1. The Morgan fingerprint density at radius 3 is 0.944 bits per heavy atom. The van der Waals surface area contributed by atoms with Crippen LogP contribution in [0.3, 0.4) is 0 Å². The van der Waals surface area contributed by atoms with E-state index in [1.807, 2.05) is 21.1 Å². The van der Waals surface area contributed by atoms with Crippen LogP contribution in [0.25, 0.3) is 0 Å². The molecule has 0 aromatic heterocycles. The van der Waals surface area contributed by atoms with E-state index in [1.165, 1.54) is 186 Å². The maximum Gasteiger partial charge on any atom is 0.472 e. The molecule has 1 N–H and O–H groups in total. The van der Waals surface area contributed by atoms with Gasteiger partial charge in [0.25, 0.3) is 0 Å². The van der Waals surface area contributed by atoms with Crippen molar-refractivity contribution in [2.45, 2.75) is 328 Å². The van der Waals surface area contributed by atoms with E-state index in [-0.39, 0.29) is 32.0 Å². The van der Waals surface area contributed by atoms with Crippen molar-refractivity contribution in [3.63, 3.8) is 0 Å². The molecule has 0 saturated carbocycles. The summed E-state index contributed by atoms with van der Waals surface area (Å²) in [5.41, 5.74) is 0. The number of carbonyl (C=O) groups excluding carboxylic acids is 2. The number of likely N-dealkylation sites (N-methyl/N-ethyl adjacent to an activating group) is 1. The zero-order chi connectivity index (χ0) is 65.5. The normalized spacial score (nSPS) is 13.8. The van der Waals surface area contributed by atoms with Gasteiger partial charge in [-0.3, -0.25) is 18.6 Å². The van der Waals surface area contributed by atoms with E-state index in [2.05, 4.69) is 135 Å². The van der Waals surface area contributed by atoms with E-state index in [4.69, 9.17) is 18.5 Å². The van der Waals surface area contributed by atoms with Crippen LogP contribution in [0.4, 0.5) is 0 Å². The first-order valence-corrected chi connectivity index (χ1v) is 38.8. The molecule has 0 aliphatic carbocycles. The van der Waals surface area contributed by atoms with E-state index >= 15 is 0 Å². The van der Waals surface area contributed by atoms with Crippen LogP contribution in [0, 0.1) is 0 Å². The summed E-state index contributed by atoms with van der Waals surface area (Å²) in [6.07, 6.45) is 100. The molecule has 518 valence electrons. The summed E-state index contributed by atoms with van der Waals surface area (Å²) in [6, 6.07) is 0. The Labute approximate surface area is 556 Å². The summed E-state index contributed by atoms with van der Waals surface area (Å²) >= 11 is 0. The highest BCUT2D eigenvalue weighted by Crippen LogP contribution is 2.43. The number of quaternary nitrogens is 1. The van der Waals surface area contributed by atoms with Crippen molar-refractivity contribution in [1.29, 1.82) is 0 Å². The van der Waals surface area contributed by atoms with Gasteiger partial charge in [0.1, 0.15) is 19.8 Å². The molecule has 0 aliphatic rings. The third-order valence-corrected chi connectivity index (χ3v) is 17.0. The molecule has 0 fully saturated rings. The lowest BCUT2D eigenvalue weighted by atomic mass is 10.0. The highest BCUT2D eigenvalue weighted by atomic mass is 31.2. The van der Waals surface area contributed by atoms with Gasteiger partial charge in [-0.05, 0) is 109 Å². The number of allylic oxidation sites excluding steroid dienone is 20. The molecule has 2 atom stereocenters. The standard InChI is InChI=1S/C80H140NO8P/c1-6-8-10-12-14-16-18-20-22-24-26-28-30-32-34-36-38-40-42-44-46-48-50-52-54-56-58-60-62-64-66-68-70-72-79(82)86-76-78(77-88-90(84,85)87-75-74-81(3,4)5)89-80(83)73-71-69-67-65-63-61-59-57-55-53-51-49-47-45-43-41-39-37-35-33-31-29-27-25-23-21-19-17-15-13-11-9-7-2/h9,11,15,17-18,20-21,23-24,26-27,29,33,35,39,41,45,47,51,53,78H,6-8,10,12-14,16,19,22,25,28,30-32,34,36-38,40,42-44,46,48-50,52,54-77H2,1-5H3/p+1/b11-9-,17-15-,20-18-,23-21-,26-24-,29-27-,35-33-,41-39-,47-45-,53-51-. The summed E-state index contributed by atoms with van der Waals surface area (Å²) in [7, 11) is 1.47. The third kappa shape index (κ3) is 73.5. The minimum atomic E-state index is -4.40. The number of hydrogen-bond donors (Lipinski definition) is 1. The lowest BCUT2D eigenvalue weighted by Gasteiger charge is -2.24. The SMILES string of the molecule is CC/C=C\C/C=C\C/C=C\C/C=C\C/C=C\C/C=C\C/C=C\C/C=C\CCCCCCCCCCC(=O)OC(COC(=O)CCCCCCCCCCCCCCCCCCCCCCC/C=C\C/C=C\CCCCCCC)COP(=O)(O)OCC[N+](C)(C)C. The minimum absolute atomic E-state index is 0.0257. The molecule has 0 amide bonds. The van der Waals surface area contributed by atoms with E-state index in [9.17, 15) is 19.0 Å². The van der Waals surface area contributed by atoms with Crippen molar-refractivity contribution in [1.82, 2.24) is 0 Å². The van der Waals surface area contributed by atoms with Crippen LogP contribution in [0.5, 0.6) is 0 Å². The number of rotatable bonds is 68. The molecule has 0 saturated heterocycles. The average molecular weight is 1280 g/mol. The number of hydrogen-bond acceptors (Lipinski definition) is 7. The van der Waals surface area contributed by atoms with E-state index in [0.717, 1.165) is 103 Å². The average Bonchev–Trinajstić information content (AvgIpc) is 3.58. The van der Waals surface area contributed by atoms with Crippen LogP contribution in [-0.2, 0) is 32.7 Å². The van der Waals surface area contributed by atoms with Crippen LogP contribution in [0.1, 0.15) is 322 Å². The van der Waals surface area contributed by atoms with Crippen molar-refractivity contribution in [3.05, 3.63) is 122 Å². The van der Waals surface area contributed by atoms with Crippen molar-refractivity contribution in [3.8, 4) is 0 Å². The minimum Gasteiger partial charge on any atom is -0.462 e. The second-order valence-corrected chi connectivity index (χ2v) is 27.4. The molecule has 0 aliphatic heterocycles. The highest BCUT2D eigenvalue weighted by Gasteiger charge is 2.27. The first kappa shape index (κ1) is 86.4. The monoisotopic (exact) mass is 1280 g/mol. The summed E-state index contributed by atoms with van der Waals surface area (Å²) in [5, 5.41) is 0. The van der Waals surface area contributed by atoms with Gasteiger partial charge in [-0.25, -0.2) is 4.57 Å². The number of nitrogens with zero attached hydrogens (tertiary/aromatic N) is 1. The smallest absolute Gasteiger partial charge is 0.462 e. The zero-order valence-corrected chi connectivity index (χ0v) is 60.0. The molecule has 0 bridgehead atoms. The predicted octanol–water partition coefficient (Wildman–Crippen LogP) is 24.6. The van der Waals surface area contributed by atoms with Crippen molar-refractivity contribution >= 4 is 19.8 Å². The van der Waals surface area contributed by atoms with Crippen molar-refractivity contribution in [2.75, 3.05) is 47.5 Å². The van der Waals surface area contributed by atoms with Crippen LogP contribution < -0.4 is 0 Å². The second kappa shape index (κ2) is 69.7. The highest BCUT2D eigenvalue weighted by molar-refractivity contribution is 7.47. The molecule has 0 rings (SSSR count). The van der Waals surface area contributed by atoms with Gasteiger partial charge in [0.05, 0.1) is 27.7 Å².